The van der Waals surface area contributed by atoms with Crippen molar-refractivity contribution in [3.63, 3.8) is 0 Å². The van der Waals surface area contributed by atoms with Gasteiger partial charge >= 0.3 is 0 Å². The van der Waals surface area contributed by atoms with Crippen LogP contribution in [0.15, 0.2) is 83.9 Å². The Hall–Kier alpha value is -4.11. The van der Waals surface area contributed by atoms with Crippen LogP contribution in [0.1, 0.15) is 18.2 Å². The zero-order valence-corrected chi connectivity index (χ0v) is 22.1. The van der Waals surface area contributed by atoms with E-state index in [9.17, 15) is 13.2 Å². The molecule has 0 bridgehead atoms. The fourth-order valence-electron chi connectivity index (χ4n) is 3.74. The Kier molecular flexibility index (Phi) is 7.63. The summed E-state index contributed by atoms with van der Waals surface area (Å²) < 4.78 is 32.0. The molecule has 0 saturated carbocycles. The van der Waals surface area contributed by atoms with Crippen LogP contribution < -0.4 is 15.0 Å². The first kappa shape index (κ1) is 26.0. The number of sulfone groups is 1. The van der Waals surface area contributed by atoms with Gasteiger partial charge in [-0.15, -0.1) is 0 Å². The monoisotopic (exact) mass is 518 g/mol. The summed E-state index contributed by atoms with van der Waals surface area (Å²) in [5, 5.41) is 7.42. The van der Waals surface area contributed by atoms with E-state index < -0.39 is 9.84 Å². The highest BCUT2D eigenvalue weighted by Crippen LogP contribution is 2.32. The van der Waals surface area contributed by atoms with Crippen molar-refractivity contribution in [2.24, 2.45) is 0 Å². The summed E-state index contributed by atoms with van der Waals surface area (Å²) in [6.07, 6.45) is 1.96. The van der Waals surface area contributed by atoms with Crippen molar-refractivity contribution >= 4 is 27.1 Å². The Labute approximate surface area is 217 Å². The molecule has 0 unspecified atom stereocenters. The van der Waals surface area contributed by atoms with E-state index in [4.69, 9.17) is 4.74 Å². The lowest BCUT2D eigenvalue weighted by Gasteiger charge is -2.16. The van der Waals surface area contributed by atoms with Crippen molar-refractivity contribution in [3.8, 4) is 17.2 Å². The van der Waals surface area contributed by atoms with Gasteiger partial charge in [0.1, 0.15) is 11.4 Å². The molecule has 0 saturated heterocycles. The van der Waals surface area contributed by atoms with Gasteiger partial charge in [0.25, 0.3) is 0 Å². The highest BCUT2D eigenvalue weighted by atomic mass is 32.2. The zero-order valence-electron chi connectivity index (χ0n) is 21.3. The van der Waals surface area contributed by atoms with Gasteiger partial charge in [0.15, 0.2) is 15.6 Å². The van der Waals surface area contributed by atoms with Crippen LogP contribution in [0.3, 0.4) is 0 Å². The normalized spacial score (nSPS) is 11.2. The van der Waals surface area contributed by atoms with E-state index in [0.717, 1.165) is 17.1 Å². The molecule has 0 aliphatic rings. The highest BCUT2D eigenvalue weighted by Gasteiger charge is 2.14. The molecule has 0 radical (unpaired) electrons. The summed E-state index contributed by atoms with van der Waals surface area (Å²) in [5.41, 5.74) is 3.88. The van der Waals surface area contributed by atoms with Crippen molar-refractivity contribution in [2.45, 2.75) is 25.2 Å². The summed E-state index contributed by atoms with van der Waals surface area (Å²) in [4.78, 5) is 15.0. The van der Waals surface area contributed by atoms with Crippen LogP contribution >= 0.6 is 0 Å². The molecule has 1 N–H and O–H groups in total. The average Bonchev–Trinajstić information content (AvgIpc) is 3.30. The van der Waals surface area contributed by atoms with E-state index in [2.05, 4.69) is 10.4 Å². The van der Waals surface area contributed by atoms with Crippen LogP contribution in [0.4, 0.5) is 11.4 Å². The largest absolute Gasteiger partial charge is 0.455 e. The molecular weight excluding hydrogens is 488 g/mol. The zero-order chi connectivity index (χ0) is 26.6. The molecule has 3 aromatic carbocycles. The van der Waals surface area contributed by atoms with Crippen molar-refractivity contribution < 1.29 is 17.9 Å². The Morgan fingerprint density at radius 3 is 2.43 bits per heavy atom. The first-order valence-electron chi connectivity index (χ1n) is 11.9. The predicted molar refractivity (Wildman–Crippen MR) is 146 cm³/mol. The summed E-state index contributed by atoms with van der Waals surface area (Å²) in [5.74, 6) is 0.993. The first-order chi connectivity index (χ1) is 17.6. The number of carbonyl (C=O) groups is 1. The minimum absolute atomic E-state index is 0.0325. The molecule has 0 spiro atoms. The number of ether oxygens (including phenoxy) is 1. The minimum atomic E-state index is -3.28. The van der Waals surface area contributed by atoms with Crippen LogP contribution in [0.5, 0.6) is 11.5 Å². The van der Waals surface area contributed by atoms with Gasteiger partial charge in [-0.05, 0) is 55.0 Å². The van der Waals surface area contributed by atoms with Gasteiger partial charge < -0.3 is 15.0 Å². The standard InChI is InChI=1S/C28H30N4O4S/c1-5-37(34,35)25-12-9-21(10-13-25)17-28(33)29-22-11-14-26(32-16-15-20(2)30-32)27(18-22)36-24-8-6-7-23(19-24)31(3)4/h6-16,18-19H,5,17H2,1-4H3,(H,29,33). The quantitative estimate of drug-likeness (QED) is 0.335. The summed E-state index contributed by atoms with van der Waals surface area (Å²) in [6, 6.07) is 21.4. The number of nitrogens with zero attached hydrogens (tertiary/aromatic N) is 3. The molecule has 8 nitrogen and oxygen atoms in total. The molecular formula is C28H30N4O4S. The number of hydrogen-bond acceptors (Lipinski definition) is 6. The van der Waals surface area contributed by atoms with Crippen molar-refractivity contribution in [1.82, 2.24) is 9.78 Å². The van der Waals surface area contributed by atoms with E-state index >= 15 is 0 Å². The second-order valence-corrected chi connectivity index (χ2v) is 11.1. The van der Waals surface area contributed by atoms with Gasteiger partial charge in [-0.2, -0.15) is 5.10 Å². The lowest BCUT2D eigenvalue weighted by atomic mass is 10.1. The summed E-state index contributed by atoms with van der Waals surface area (Å²) in [7, 11) is 0.644. The average molecular weight is 519 g/mol. The van der Waals surface area contributed by atoms with Gasteiger partial charge in [-0.1, -0.05) is 25.1 Å². The number of aryl methyl sites for hydroxylation is 1. The van der Waals surface area contributed by atoms with Crippen LogP contribution in [-0.4, -0.2) is 44.0 Å². The number of nitrogens with one attached hydrogen (secondary N) is 1. The van der Waals surface area contributed by atoms with E-state index in [1.54, 1.807) is 35.9 Å². The second kappa shape index (κ2) is 10.9. The predicted octanol–water partition coefficient (Wildman–Crippen LogP) is 5.01. The van der Waals surface area contributed by atoms with Crippen molar-refractivity contribution in [3.05, 3.63) is 90.3 Å². The maximum Gasteiger partial charge on any atom is 0.228 e. The Morgan fingerprint density at radius 1 is 1.03 bits per heavy atom. The third kappa shape index (κ3) is 6.37. The van der Waals surface area contributed by atoms with Crippen LogP contribution in [-0.2, 0) is 21.1 Å². The molecule has 1 amide bonds. The fraction of sp³-hybridized carbons (Fsp3) is 0.214. The van der Waals surface area contributed by atoms with Crippen molar-refractivity contribution in [2.75, 3.05) is 30.1 Å². The number of anilines is 2. The number of benzene rings is 3. The number of hydrogen-bond donors (Lipinski definition) is 1. The Morgan fingerprint density at radius 2 is 1.78 bits per heavy atom. The van der Waals surface area contributed by atoms with E-state index in [1.807, 2.05) is 68.5 Å². The van der Waals surface area contributed by atoms with Crippen LogP contribution in [0, 0.1) is 6.92 Å². The number of aromatic nitrogens is 2. The van der Waals surface area contributed by atoms with Gasteiger partial charge in [0.05, 0.1) is 22.8 Å². The van der Waals surface area contributed by atoms with Gasteiger partial charge in [-0.25, -0.2) is 13.1 Å². The Bertz CT molecular complexity index is 1510. The molecule has 37 heavy (non-hydrogen) atoms. The molecule has 1 heterocycles. The molecule has 0 atom stereocenters. The third-order valence-electron chi connectivity index (χ3n) is 5.80. The molecule has 0 fully saturated rings. The highest BCUT2D eigenvalue weighted by molar-refractivity contribution is 7.91. The lowest BCUT2D eigenvalue weighted by Crippen LogP contribution is -2.15. The van der Waals surface area contributed by atoms with E-state index in [1.165, 1.54) is 12.1 Å². The fourth-order valence-corrected chi connectivity index (χ4v) is 4.62. The number of rotatable bonds is 9. The summed E-state index contributed by atoms with van der Waals surface area (Å²) >= 11 is 0. The SMILES string of the molecule is CCS(=O)(=O)c1ccc(CC(=O)Nc2ccc(-n3ccc(C)n3)c(Oc3cccc(N(C)C)c3)c2)cc1. The van der Waals surface area contributed by atoms with Crippen molar-refractivity contribution in [1.29, 1.82) is 0 Å². The topological polar surface area (TPSA) is 93.5 Å². The van der Waals surface area contributed by atoms with Gasteiger partial charge in [-0.3, -0.25) is 4.79 Å². The molecule has 9 heteroatoms. The maximum absolute atomic E-state index is 12.8. The van der Waals surface area contributed by atoms with Crippen LogP contribution in [0.2, 0.25) is 0 Å². The Balaban J connectivity index is 1.56. The van der Waals surface area contributed by atoms with Gasteiger partial charge in [0, 0.05) is 43.8 Å². The molecule has 1 aromatic heterocycles. The lowest BCUT2D eigenvalue weighted by molar-refractivity contribution is -0.115. The minimum Gasteiger partial charge on any atom is -0.455 e. The number of carbonyl (C=O) groups excluding carboxylic acids is 1. The smallest absolute Gasteiger partial charge is 0.228 e. The second-order valence-electron chi connectivity index (χ2n) is 8.85. The van der Waals surface area contributed by atoms with E-state index in [-0.39, 0.29) is 23.0 Å². The molecule has 4 aromatic rings. The molecule has 4 rings (SSSR count). The maximum atomic E-state index is 12.8. The molecule has 192 valence electrons. The number of amides is 1. The summed E-state index contributed by atoms with van der Waals surface area (Å²) in [6.45, 7) is 3.52. The first-order valence-corrected chi connectivity index (χ1v) is 13.5. The van der Waals surface area contributed by atoms with Crippen LogP contribution in [0.25, 0.3) is 5.69 Å². The molecule has 0 aliphatic heterocycles. The van der Waals surface area contributed by atoms with Gasteiger partial charge in [0.2, 0.25) is 5.91 Å². The third-order valence-corrected chi connectivity index (χ3v) is 7.55. The van der Waals surface area contributed by atoms with E-state index in [0.29, 0.717) is 22.7 Å². The molecule has 0 aliphatic carbocycles.